The van der Waals surface area contributed by atoms with Gasteiger partial charge >= 0.3 is 0 Å². The number of benzene rings is 1. The van der Waals surface area contributed by atoms with Crippen LogP contribution in [0.25, 0.3) is 0 Å². The number of hydrogen-bond acceptors (Lipinski definition) is 3. The normalized spacial score (nSPS) is 10.2. The van der Waals surface area contributed by atoms with E-state index in [1.807, 2.05) is 13.8 Å². The Morgan fingerprint density at radius 2 is 2.22 bits per heavy atom. The minimum Gasteiger partial charge on any atom is -0.491 e. The second-order valence-electron chi connectivity index (χ2n) is 4.10. The Kier molecular flexibility index (Phi) is 5.85. The lowest BCUT2D eigenvalue weighted by Crippen LogP contribution is -2.31. The third-order valence-corrected chi connectivity index (χ3v) is 2.77. The van der Waals surface area contributed by atoms with Gasteiger partial charge in [0.25, 0.3) is 0 Å². The van der Waals surface area contributed by atoms with Crippen LogP contribution in [0.3, 0.4) is 0 Å². The van der Waals surface area contributed by atoms with Crippen LogP contribution < -0.4 is 10.1 Å². The fourth-order valence-corrected chi connectivity index (χ4v) is 1.91. The van der Waals surface area contributed by atoms with Crippen molar-refractivity contribution in [1.29, 1.82) is 0 Å². The number of hydrogen-bond donors (Lipinski definition) is 1. The molecule has 1 aromatic rings. The molecule has 18 heavy (non-hydrogen) atoms. The van der Waals surface area contributed by atoms with E-state index in [0.29, 0.717) is 15.8 Å². The molecule has 5 heteroatoms. The molecule has 1 N–H and O–H groups in total. The lowest BCUT2D eigenvalue weighted by Gasteiger charge is -2.11. The zero-order chi connectivity index (χ0) is 13.5. The van der Waals surface area contributed by atoms with Crippen LogP contribution in [0.5, 0.6) is 5.75 Å². The van der Waals surface area contributed by atoms with Crippen LogP contribution in [0.15, 0.2) is 22.7 Å². The van der Waals surface area contributed by atoms with Gasteiger partial charge in [0.05, 0.1) is 23.1 Å². The standard InChI is InChI=1S/C13H16BrNO3/c1-9(2)15-12(17)6-7-18-13-10(8-16)4-3-5-11(13)14/h3-5,8-9H,6-7H2,1-2H3,(H,15,17). The van der Waals surface area contributed by atoms with Crippen molar-refractivity contribution in [2.75, 3.05) is 6.61 Å². The van der Waals surface area contributed by atoms with E-state index in [2.05, 4.69) is 21.2 Å². The molecule has 0 bridgehead atoms. The molecule has 0 aliphatic carbocycles. The maximum atomic E-state index is 11.4. The molecular formula is C13H16BrNO3. The molecule has 0 unspecified atom stereocenters. The predicted molar refractivity (Wildman–Crippen MR) is 72.9 cm³/mol. The number of carbonyl (C=O) groups excluding carboxylic acids is 2. The first-order chi connectivity index (χ1) is 8.54. The first-order valence-corrected chi connectivity index (χ1v) is 6.49. The summed E-state index contributed by atoms with van der Waals surface area (Å²) in [6.07, 6.45) is 0.992. The molecule has 1 aromatic carbocycles. The molecule has 98 valence electrons. The van der Waals surface area contributed by atoms with Crippen molar-refractivity contribution in [3.8, 4) is 5.75 Å². The lowest BCUT2D eigenvalue weighted by atomic mass is 10.2. The monoisotopic (exact) mass is 313 g/mol. The molecule has 0 saturated heterocycles. The average Bonchev–Trinajstić information content (AvgIpc) is 2.30. The summed E-state index contributed by atoms with van der Waals surface area (Å²) in [4.78, 5) is 22.3. The van der Waals surface area contributed by atoms with Crippen LogP contribution in [0.1, 0.15) is 30.6 Å². The summed E-state index contributed by atoms with van der Waals surface area (Å²) in [6, 6.07) is 5.33. The summed E-state index contributed by atoms with van der Waals surface area (Å²) >= 11 is 3.31. The molecule has 0 saturated carbocycles. The Morgan fingerprint density at radius 1 is 1.50 bits per heavy atom. The van der Waals surface area contributed by atoms with E-state index in [-0.39, 0.29) is 25.0 Å². The highest BCUT2D eigenvalue weighted by Gasteiger charge is 2.09. The highest BCUT2D eigenvalue weighted by molar-refractivity contribution is 9.10. The van der Waals surface area contributed by atoms with E-state index in [9.17, 15) is 9.59 Å². The maximum Gasteiger partial charge on any atom is 0.223 e. The van der Waals surface area contributed by atoms with E-state index in [1.165, 1.54) is 0 Å². The van der Waals surface area contributed by atoms with Gasteiger partial charge in [-0.2, -0.15) is 0 Å². The van der Waals surface area contributed by atoms with Gasteiger partial charge in [-0.3, -0.25) is 9.59 Å². The largest absolute Gasteiger partial charge is 0.491 e. The first-order valence-electron chi connectivity index (χ1n) is 5.70. The number of rotatable bonds is 6. The van der Waals surface area contributed by atoms with Crippen LogP contribution in [-0.4, -0.2) is 24.8 Å². The first kappa shape index (κ1) is 14.7. The number of halogens is 1. The number of aldehydes is 1. The number of carbonyl (C=O) groups is 2. The van der Waals surface area contributed by atoms with Crippen molar-refractivity contribution in [1.82, 2.24) is 5.32 Å². The zero-order valence-electron chi connectivity index (χ0n) is 10.4. The van der Waals surface area contributed by atoms with E-state index in [4.69, 9.17) is 4.74 Å². The molecular weight excluding hydrogens is 298 g/mol. The van der Waals surface area contributed by atoms with Crippen molar-refractivity contribution >= 4 is 28.1 Å². The third-order valence-electron chi connectivity index (χ3n) is 2.15. The summed E-state index contributed by atoms with van der Waals surface area (Å²) in [5.41, 5.74) is 0.466. The second-order valence-corrected chi connectivity index (χ2v) is 4.95. The van der Waals surface area contributed by atoms with Crippen molar-refractivity contribution < 1.29 is 14.3 Å². The second kappa shape index (κ2) is 7.16. The Bertz CT molecular complexity index is 432. The van der Waals surface area contributed by atoms with Crippen molar-refractivity contribution in [3.63, 3.8) is 0 Å². The molecule has 1 rings (SSSR count). The minimum absolute atomic E-state index is 0.0651. The summed E-state index contributed by atoms with van der Waals surface area (Å²) in [5, 5.41) is 2.77. The fourth-order valence-electron chi connectivity index (χ4n) is 1.41. The SMILES string of the molecule is CC(C)NC(=O)CCOc1c(Br)cccc1C=O. The highest BCUT2D eigenvalue weighted by atomic mass is 79.9. The Morgan fingerprint density at radius 3 is 2.83 bits per heavy atom. The molecule has 0 atom stereocenters. The van der Waals surface area contributed by atoms with E-state index in [0.717, 1.165) is 6.29 Å². The molecule has 0 aromatic heterocycles. The molecule has 1 amide bonds. The van der Waals surface area contributed by atoms with Crippen molar-refractivity contribution in [2.45, 2.75) is 26.3 Å². The average molecular weight is 314 g/mol. The van der Waals surface area contributed by atoms with Gasteiger partial charge in [0.15, 0.2) is 6.29 Å². The Hall–Kier alpha value is -1.36. The molecule has 0 spiro atoms. The van der Waals surface area contributed by atoms with Crippen LogP contribution in [0.4, 0.5) is 0 Å². The molecule has 0 radical (unpaired) electrons. The maximum absolute atomic E-state index is 11.4. The predicted octanol–water partition coefficient (Wildman–Crippen LogP) is 2.56. The lowest BCUT2D eigenvalue weighted by molar-refractivity contribution is -0.122. The van der Waals surface area contributed by atoms with Crippen molar-refractivity contribution in [2.24, 2.45) is 0 Å². The molecule has 4 nitrogen and oxygen atoms in total. The van der Waals surface area contributed by atoms with Gasteiger partial charge in [0, 0.05) is 6.04 Å². The van der Waals surface area contributed by atoms with Crippen LogP contribution in [-0.2, 0) is 4.79 Å². The zero-order valence-corrected chi connectivity index (χ0v) is 12.0. The number of ether oxygens (including phenoxy) is 1. The van der Waals surface area contributed by atoms with Gasteiger partial charge in [-0.1, -0.05) is 6.07 Å². The Balaban J connectivity index is 2.54. The van der Waals surface area contributed by atoms with Gasteiger partial charge in [-0.15, -0.1) is 0 Å². The van der Waals surface area contributed by atoms with Crippen LogP contribution in [0, 0.1) is 0 Å². The van der Waals surface area contributed by atoms with E-state index >= 15 is 0 Å². The smallest absolute Gasteiger partial charge is 0.223 e. The fraction of sp³-hybridized carbons (Fsp3) is 0.385. The van der Waals surface area contributed by atoms with Gasteiger partial charge in [-0.25, -0.2) is 0 Å². The topological polar surface area (TPSA) is 55.4 Å². The van der Waals surface area contributed by atoms with Gasteiger partial charge in [-0.05, 0) is 41.9 Å². The quantitative estimate of drug-likeness (QED) is 0.821. The molecule has 0 heterocycles. The van der Waals surface area contributed by atoms with Crippen molar-refractivity contribution in [3.05, 3.63) is 28.2 Å². The molecule has 0 aliphatic heterocycles. The molecule has 0 fully saturated rings. The summed E-state index contributed by atoms with van der Waals surface area (Å²) in [7, 11) is 0. The van der Waals surface area contributed by atoms with Crippen LogP contribution in [0.2, 0.25) is 0 Å². The summed E-state index contributed by atoms with van der Waals surface area (Å²) < 4.78 is 6.18. The minimum atomic E-state index is -0.0651. The Labute approximate surface area is 115 Å². The van der Waals surface area contributed by atoms with Crippen LogP contribution >= 0.6 is 15.9 Å². The number of nitrogens with one attached hydrogen (secondary N) is 1. The van der Waals surface area contributed by atoms with E-state index in [1.54, 1.807) is 18.2 Å². The third kappa shape index (κ3) is 4.49. The van der Waals surface area contributed by atoms with Gasteiger partial charge in [0.2, 0.25) is 5.91 Å². The van der Waals surface area contributed by atoms with Gasteiger partial charge in [0.1, 0.15) is 5.75 Å². The van der Waals surface area contributed by atoms with E-state index < -0.39 is 0 Å². The highest BCUT2D eigenvalue weighted by Crippen LogP contribution is 2.27. The number of amides is 1. The number of para-hydroxylation sites is 1. The molecule has 0 aliphatic rings. The summed E-state index contributed by atoms with van der Waals surface area (Å²) in [6.45, 7) is 4.04. The van der Waals surface area contributed by atoms with Gasteiger partial charge < -0.3 is 10.1 Å². The summed E-state index contributed by atoms with van der Waals surface area (Å²) in [5.74, 6) is 0.412.